The van der Waals surface area contributed by atoms with Crippen LogP contribution < -0.4 is 15.5 Å². The first-order chi connectivity index (χ1) is 7.27. The molecule has 0 amide bonds. The third-order valence-electron chi connectivity index (χ3n) is 2.78. The van der Waals surface area contributed by atoms with E-state index in [1.54, 1.807) is 0 Å². The first kappa shape index (κ1) is 10.5. The zero-order chi connectivity index (χ0) is 10.7. The summed E-state index contributed by atoms with van der Waals surface area (Å²) >= 11 is 0. The zero-order valence-corrected chi connectivity index (χ0v) is 9.40. The number of hydrogen-bond donors (Lipinski definition) is 1. The lowest BCUT2D eigenvalue weighted by Gasteiger charge is -2.24. The van der Waals surface area contributed by atoms with Gasteiger partial charge in [0.1, 0.15) is 0 Å². The van der Waals surface area contributed by atoms with E-state index in [-0.39, 0.29) is 0 Å². The summed E-state index contributed by atoms with van der Waals surface area (Å²) in [7, 11) is 4.12. The van der Waals surface area contributed by atoms with Crippen LogP contribution in [0.4, 0.5) is 5.69 Å². The molecule has 3 heteroatoms. The molecular weight excluding hydrogens is 186 g/mol. The molecule has 0 bridgehead atoms. The van der Waals surface area contributed by atoms with Crippen molar-refractivity contribution < 1.29 is 0 Å². The number of hydrogen-bond acceptors (Lipinski definition) is 2. The predicted octanol–water partition coefficient (Wildman–Crippen LogP) is 1.00. The molecule has 1 aliphatic heterocycles. The van der Waals surface area contributed by atoms with Crippen molar-refractivity contribution in [1.29, 1.82) is 0 Å². The Balaban J connectivity index is 2.08. The highest BCUT2D eigenvalue weighted by Gasteiger charge is 2.14. The van der Waals surface area contributed by atoms with Gasteiger partial charge in [-0.25, -0.2) is 5.32 Å². The zero-order valence-electron chi connectivity index (χ0n) is 9.40. The molecule has 1 aromatic rings. The van der Waals surface area contributed by atoms with Crippen LogP contribution in [0, 0.1) is 0 Å². The fourth-order valence-electron chi connectivity index (χ4n) is 1.83. The van der Waals surface area contributed by atoms with Gasteiger partial charge >= 0.3 is 0 Å². The lowest BCUT2D eigenvalue weighted by molar-refractivity contribution is 0.424. The molecule has 1 radical (unpaired) electrons. The van der Waals surface area contributed by atoms with Crippen LogP contribution in [0.2, 0.25) is 0 Å². The van der Waals surface area contributed by atoms with E-state index in [2.05, 4.69) is 53.9 Å². The SMILES string of the molecule is CN(C)c1ccc(C2C[N]CCN2)cc1. The average molecular weight is 204 g/mol. The van der Waals surface area contributed by atoms with Crippen LogP contribution in [0.3, 0.4) is 0 Å². The van der Waals surface area contributed by atoms with Gasteiger partial charge in [0.05, 0.1) is 0 Å². The highest BCUT2D eigenvalue weighted by atomic mass is 15.1. The van der Waals surface area contributed by atoms with Gasteiger partial charge in [-0.15, -0.1) is 0 Å². The fourth-order valence-corrected chi connectivity index (χ4v) is 1.83. The Labute approximate surface area is 91.5 Å². The topological polar surface area (TPSA) is 29.4 Å². The van der Waals surface area contributed by atoms with Crippen LogP contribution in [-0.2, 0) is 0 Å². The fraction of sp³-hybridized carbons (Fsp3) is 0.500. The molecule has 1 aromatic carbocycles. The Morgan fingerprint density at radius 3 is 2.53 bits per heavy atom. The minimum Gasteiger partial charge on any atom is -0.378 e. The maximum absolute atomic E-state index is 4.42. The summed E-state index contributed by atoms with van der Waals surface area (Å²) in [4.78, 5) is 2.11. The summed E-state index contributed by atoms with van der Waals surface area (Å²) in [6.07, 6.45) is 0. The van der Waals surface area contributed by atoms with Gasteiger partial charge in [0.2, 0.25) is 0 Å². The first-order valence-corrected chi connectivity index (χ1v) is 5.41. The molecular formula is C12H18N3. The molecule has 1 aliphatic rings. The molecule has 1 fully saturated rings. The average Bonchev–Trinajstić information content (AvgIpc) is 2.30. The molecule has 1 heterocycles. The molecule has 1 saturated heterocycles. The lowest BCUT2D eigenvalue weighted by Crippen LogP contribution is -2.38. The molecule has 1 unspecified atom stereocenters. The molecule has 81 valence electrons. The van der Waals surface area contributed by atoms with Gasteiger partial charge in [-0.3, -0.25) is 0 Å². The second-order valence-corrected chi connectivity index (χ2v) is 4.12. The van der Waals surface area contributed by atoms with Crippen molar-refractivity contribution in [2.45, 2.75) is 6.04 Å². The first-order valence-electron chi connectivity index (χ1n) is 5.41. The molecule has 1 N–H and O–H groups in total. The quantitative estimate of drug-likeness (QED) is 0.779. The number of nitrogens with zero attached hydrogens (tertiary/aromatic N) is 2. The van der Waals surface area contributed by atoms with E-state index in [9.17, 15) is 0 Å². The largest absolute Gasteiger partial charge is 0.378 e. The second kappa shape index (κ2) is 4.64. The number of anilines is 1. The molecule has 15 heavy (non-hydrogen) atoms. The minimum atomic E-state index is 0.412. The van der Waals surface area contributed by atoms with Crippen molar-refractivity contribution in [3.63, 3.8) is 0 Å². The van der Waals surface area contributed by atoms with E-state index in [1.807, 2.05) is 0 Å². The van der Waals surface area contributed by atoms with Gasteiger partial charge in [-0.2, -0.15) is 0 Å². The summed E-state index contributed by atoms with van der Waals surface area (Å²) in [6.45, 7) is 2.85. The molecule has 2 rings (SSSR count). The second-order valence-electron chi connectivity index (χ2n) is 4.12. The van der Waals surface area contributed by atoms with E-state index in [4.69, 9.17) is 0 Å². The van der Waals surface area contributed by atoms with Crippen LogP contribution in [0.1, 0.15) is 11.6 Å². The summed E-state index contributed by atoms with van der Waals surface area (Å²) in [5.74, 6) is 0. The van der Waals surface area contributed by atoms with Crippen molar-refractivity contribution in [3.05, 3.63) is 29.8 Å². The summed E-state index contributed by atoms with van der Waals surface area (Å²) in [6, 6.07) is 9.11. The monoisotopic (exact) mass is 204 g/mol. The van der Waals surface area contributed by atoms with Crippen LogP contribution in [0.5, 0.6) is 0 Å². The summed E-state index contributed by atoms with van der Waals surface area (Å²) in [5, 5.41) is 7.90. The number of rotatable bonds is 2. The van der Waals surface area contributed by atoms with Crippen molar-refractivity contribution in [2.24, 2.45) is 0 Å². The van der Waals surface area contributed by atoms with Crippen molar-refractivity contribution >= 4 is 5.69 Å². The van der Waals surface area contributed by atoms with Crippen LogP contribution in [0.15, 0.2) is 24.3 Å². The predicted molar refractivity (Wildman–Crippen MR) is 63.4 cm³/mol. The standard InChI is InChI=1S/C12H18N3/c1-15(2)11-5-3-10(4-6-11)12-9-13-7-8-14-12/h3-6,12,14H,7-9H2,1-2H3. The van der Waals surface area contributed by atoms with Crippen molar-refractivity contribution in [2.75, 3.05) is 38.6 Å². The molecule has 0 saturated carbocycles. The van der Waals surface area contributed by atoms with E-state index in [0.29, 0.717) is 6.04 Å². The van der Waals surface area contributed by atoms with Crippen LogP contribution >= 0.6 is 0 Å². The van der Waals surface area contributed by atoms with E-state index < -0.39 is 0 Å². The molecule has 0 aliphatic carbocycles. The molecule has 0 spiro atoms. The van der Waals surface area contributed by atoms with Crippen LogP contribution in [0.25, 0.3) is 0 Å². The van der Waals surface area contributed by atoms with E-state index in [0.717, 1.165) is 19.6 Å². The summed E-state index contributed by atoms with van der Waals surface area (Å²) < 4.78 is 0. The highest BCUT2D eigenvalue weighted by molar-refractivity contribution is 5.46. The molecule has 0 aromatic heterocycles. The maximum Gasteiger partial charge on any atom is 0.0464 e. The smallest absolute Gasteiger partial charge is 0.0464 e. The normalized spacial score (nSPS) is 21.3. The van der Waals surface area contributed by atoms with Gasteiger partial charge in [-0.05, 0) is 17.7 Å². The number of nitrogens with one attached hydrogen (secondary N) is 1. The number of benzene rings is 1. The molecule has 1 atom stereocenters. The Morgan fingerprint density at radius 1 is 1.27 bits per heavy atom. The third-order valence-corrected chi connectivity index (χ3v) is 2.78. The Morgan fingerprint density at radius 2 is 2.00 bits per heavy atom. The van der Waals surface area contributed by atoms with Gasteiger partial charge in [0.15, 0.2) is 0 Å². The molecule has 3 nitrogen and oxygen atoms in total. The maximum atomic E-state index is 4.42. The van der Waals surface area contributed by atoms with Gasteiger partial charge in [0, 0.05) is 45.5 Å². The Bertz CT molecular complexity index is 299. The van der Waals surface area contributed by atoms with Crippen molar-refractivity contribution in [1.82, 2.24) is 10.6 Å². The Hall–Kier alpha value is -1.06. The van der Waals surface area contributed by atoms with Gasteiger partial charge in [0.25, 0.3) is 0 Å². The van der Waals surface area contributed by atoms with E-state index in [1.165, 1.54) is 11.3 Å². The lowest BCUT2D eigenvalue weighted by atomic mass is 10.1. The van der Waals surface area contributed by atoms with Crippen molar-refractivity contribution in [3.8, 4) is 0 Å². The number of piperazine rings is 1. The van der Waals surface area contributed by atoms with Crippen LogP contribution in [-0.4, -0.2) is 33.7 Å². The third kappa shape index (κ3) is 2.49. The highest BCUT2D eigenvalue weighted by Crippen LogP contribution is 2.18. The minimum absolute atomic E-state index is 0.412. The van der Waals surface area contributed by atoms with Gasteiger partial charge < -0.3 is 10.2 Å². The van der Waals surface area contributed by atoms with Gasteiger partial charge in [-0.1, -0.05) is 12.1 Å². The summed E-state index contributed by atoms with van der Waals surface area (Å²) in [5.41, 5.74) is 2.58. The van der Waals surface area contributed by atoms with E-state index >= 15 is 0 Å². The Kier molecular flexibility index (Phi) is 3.23.